The summed E-state index contributed by atoms with van der Waals surface area (Å²) in [6, 6.07) is 17.4. The predicted octanol–water partition coefficient (Wildman–Crippen LogP) is 4.40. The number of para-hydroxylation sites is 1. The summed E-state index contributed by atoms with van der Waals surface area (Å²) in [5.74, 6) is 1.68. The van der Waals surface area contributed by atoms with E-state index in [9.17, 15) is 9.59 Å². The zero-order valence-corrected chi connectivity index (χ0v) is 24.3. The Balaban J connectivity index is 1.41. The number of amides is 2. The Morgan fingerprint density at radius 1 is 0.977 bits per heavy atom. The van der Waals surface area contributed by atoms with Crippen LogP contribution >= 0.6 is 0 Å². The summed E-state index contributed by atoms with van der Waals surface area (Å²) in [6.45, 7) is 0.170. The summed E-state index contributed by atoms with van der Waals surface area (Å²) in [6.07, 6.45) is 5.10. The molecule has 11 nitrogen and oxygen atoms in total. The predicted molar refractivity (Wildman–Crippen MR) is 158 cm³/mol. The van der Waals surface area contributed by atoms with Gasteiger partial charge in [0.2, 0.25) is 18.6 Å². The molecule has 1 saturated carbocycles. The summed E-state index contributed by atoms with van der Waals surface area (Å²) >= 11 is 0. The van der Waals surface area contributed by atoms with E-state index in [-0.39, 0.29) is 37.7 Å². The first-order valence-electron chi connectivity index (χ1n) is 14.5. The number of fused-ring (bicyclic) bond motifs is 2. The Bertz CT molecular complexity index is 1620. The van der Waals surface area contributed by atoms with Crippen LogP contribution < -0.4 is 24.3 Å². The van der Waals surface area contributed by atoms with Gasteiger partial charge in [-0.1, -0.05) is 48.7 Å². The molecule has 2 amide bonds. The van der Waals surface area contributed by atoms with Crippen molar-refractivity contribution in [2.45, 2.75) is 57.3 Å². The maximum absolute atomic E-state index is 14.3. The molecule has 6 rings (SSSR count). The third kappa shape index (κ3) is 6.06. The highest BCUT2D eigenvalue weighted by atomic mass is 16.7. The van der Waals surface area contributed by atoms with Gasteiger partial charge in [0.1, 0.15) is 18.1 Å². The van der Waals surface area contributed by atoms with Gasteiger partial charge in [0, 0.05) is 12.6 Å². The van der Waals surface area contributed by atoms with Gasteiger partial charge in [-0.2, -0.15) is 0 Å². The lowest BCUT2D eigenvalue weighted by Crippen LogP contribution is -2.47. The Morgan fingerprint density at radius 3 is 2.58 bits per heavy atom. The van der Waals surface area contributed by atoms with Gasteiger partial charge in [0.25, 0.3) is 0 Å². The summed E-state index contributed by atoms with van der Waals surface area (Å²) in [5, 5.41) is 11.7. The largest absolute Gasteiger partial charge is 0.493 e. The van der Waals surface area contributed by atoms with E-state index < -0.39 is 6.04 Å². The Labute approximate surface area is 249 Å². The van der Waals surface area contributed by atoms with E-state index in [0.717, 1.165) is 43.2 Å². The molecular formula is C32H35N5O6. The molecule has 1 aliphatic carbocycles. The highest BCUT2D eigenvalue weighted by molar-refractivity contribution is 5.89. The number of hydrogen-bond donors (Lipinski definition) is 1. The number of aromatic nitrogens is 3. The lowest BCUT2D eigenvalue weighted by atomic mass is 9.94. The van der Waals surface area contributed by atoms with Crippen molar-refractivity contribution in [3.63, 3.8) is 0 Å². The molecule has 0 unspecified atom stereocenters. The highest BCUT2D eigenvalue weighted by Crippen LogP contribution is 2.36. The fourth-order valence-electron chi connectivity index (χ4n) is 5.84. The molecule has 1 N–H and O–H groups in total. The van der Waals surface area contributed by atoms with Crippen LogP contribution in [-0.2, 0) is 22.7 Å². The second-order valence-electron chi connectivity index (χ2n) is 10.8. The maximum atomic E-state index is 14.3. The van der Waals surface area contributed by atoms with Crippen LogP contribution in [0.25, 0.3) is 11.0 Å². The standard InChI is InChI=1S/C32H35N5O6/c1-40-26-15-13-22(17-28(26)41-2)31(32(39)33-23-8-4-3-5-9-23)36(18-21-12-14-27-29(16-21)43-20-42-27)30(38)19-37-25-11-7-6-10-24(25)34-35-37/h6-7,10-17,23,31H,3-5,8-9,18-20H2,1-2H3,(H,33,39)/t31-/m0/s1. The van der Waals surface area contributed by atoms with Crippen molar-refractivity contribution in [1.82, 2.24) is 25.2 Å². The van der Waals surface area contributed by atoms with Crippen LogP contribution in [-0.4, -0.2) is 58.8 Å². The minimum Gasteiger partial charge on any atom is -0.493 e. The molecule has 0 saturated heterocycles. The van der Waals surface area contributed by atoms with Gasteiger partial charge in [-0.25, -0.2) is 4.68 Å². The van der Waals surface area contributed by atoms with E-state index >= 15 is 0 Å². The average Bonchev–Trinajstić information content (AvgIpc) is 3.68. The second kappa shape index (κ2) is 12.6. The number of nitrogens with zero attached hydrogens (tertiary/aromatic N) is 4. The molecule has 224 valence electrons. The summed E-state index contributed by atoms with van der Waals surface area (Å²) < 4.78 is 23.7. The van der Waals surface area contributed by atoms with Crippen LogP contribution in [0.15, 0.2) is 60.7 Å². The number of methoxy groups -OCH3 is 2. The quantitative estimate of drug-likeness (QED) is 0.291. The van der Waals surface area contributed by atoms with Crippen molar-refractivity contribution in [3.05, 3.63) is 71.8 Å². The first-order valence-corrected chi connectivity index (χ1v) is 14.5. The van der Waals surface area contributed by atoms with Crippen LogP contribution in [0.3, 0.4) is 0 Å². The monoisotopic (exact) mass is 585 g/mol. The summed E-state index contributed by atoms with van der Waals surface area (Å²) in [7, 11) is 3.10. The van der Waals surface area contributed by atoms with Crippen LogP contribution in [0.4, 0.5) is 0 Å². The highest BCUT2D eigenvalue weighted by Gasteiger charge is 2.34. The van der Waals surface area contributed by atoms with Crippen molar-refractivity contribution in [1.29, 1.82) is 0 Å². The van der Waals surface area contributed by atoms with Gasteiger partial charge in [-0.3, -0.25) is 9.59 Å². The number of carbonyl (C=O) groups is 2. The SMILES string of the molecule is COc1ccc([C@@H](C(=O)NC2CCCCC2)N(Cc2ccc3c(c2)OCO3)C(=O)Cn2nnc3ccccc32)cc1OC. The third-order valence-corrected chi connectivity index (χ3v) is 8.05. The fraction of sp³-hybridized carbons (Fsp3) is 0.375. The number of ether oxygens (including phenoxy) is 4. The van der Waals surface area contributed by atoms with Gasteiger partial charge in [0.15, 0.2) is 23.0 Å². The fourth-order valence-corrected chi connectivity index (χ4v) is 5.84. The second-order valence-corrected chi connectivity index (χ2v) is 10.8. The van der Waals surface area contributed by atoms with E-state index in [1.807, 2.05) is 42.5 Å². The van der Waals surface area contributed by atoms with Gasteiger partial charge >= 0.3 is 0 Å². The Morgan fingerprint density at radius 2 is 1.77 bits per heavy atom. The van der Waals surface area contributed by atoms with Crippen molar-refractivity contribution in [2.75, 3.05) is 21.0 Å². The number of benzene rings is 3. The molecule has 0 bridgehead atoms. The topological polar surface area (TPSA) is 117 Å². The zero-order chi connectivity index (χ0) is 29.8. The van der Waals surface area contributed by atoms with Crippen molar-refractivity contribution < 1.29 is 28.5 Å². The molecule has 11 heteroatoms. The van der Waals surface area contributed by atoms with E-state index in [2.05, 4.69) is 15.6 Å². The molecule has 3 aromatic carbocycles. The van der Waals surface area contributed by atoms with Crippen LogP contribution in [0.1, 0.15) is 49.3 Å². The van der Waals surface area contributed by atoms with Gasteiger partial charge < -0.3 is 29.2 Å². The molecule has 1 aromatic heterocycles. The number of rotatable bonds is 10. The van der Waals surface area contributed by atoms with Crippen molar-refractivity contribution in [2.24, 2.45) is 0 Å². The summed E-state index contributed by atoms with van der Waals surface area (Å²) in [5.41, 5.74) is 2.80. The zero-order valence-electron chi connectivity index (χ0n) is 24.3. The number of carbonyl (C=O) groups excluding carboxylic acids is 2. The third-order valence-electron chi connectivity index (χ3n) is 8.05. The molecule has 1 fully saturated rings. The molecule has 1 aliphatic heterocycles. The maximum Gasteiger partial charge on any atom is 0.247 e. The molecule has 2 aliphatic rings. The van der Waals surface area contributed by atoms with Crippen molar-refractivity contribution in [3.8, 4) is 23.0 Å². The molecule has 43 heavy (non-hydrogen) atoms. The smallest absolute Gasteiger partial charge is 0.247 e. The van der Waals surface area contributed by atoms with Crippen LogP contribution in [0.5, 0.6) is 23.0 Å². The molecule has 0 radical (unpaired) electrons. The van der Waals surface area contributed by atoms with Crippen molar-refractivity contribution >= 4 is 22.8 Å². The molecule has 1 atom stereocenters. The van der Waals surface area contributed by atoms with Gasteiger partial charge in [-0.15, -0.1) is 5.10 Å². The summed E-state index contributed by atoms with van der Waals surface area (Å²) in [4.78, 5) is 30.2. The average molecular weight is 586 g/mol. The lowest BCUT2D eigenvalue weighted by molar-refractivity contribution is -0.142. The van der Waals surface area contributed by atoms with Gasteiger partial charge in [-0.05, 0) is 60.4 Å². The Hall–Kier alpha value is -4.80. The lowest BCUT2D eigenvalue weighted by Gasteiger charge is -2.34. The first kappa shape index (κ1) is 28.3. The van der Waals surface area contributed by atoms with E-state index in [1.165, 1.54) is 0 Å². The molecular weight excluding hydrogens is 550 g/mol. The minimum absolute atomic E-state index is 0.0469. The van der Waals surface area contributed by atoms with Crippen LogP contribution in [0, 0.1) is 0 Å². The minimum atomic E-state index is -0.963. The Kier molecular flexibility index (Phi) is 8.30. The number of hydrogen-bond acceptors (Lipinski definition) is 8. The normalized spacial score (nSPS) is 15.2. The van der Waals surface area contributed by atoms with E-state index in [0.29, 0.717) is 34.1 Å². The van der Waals surface area contributed by atoms with E-state index in [1.54, 1.807) is 42.0 Å². The van der Waals surface area contributed by atoms with Gasteiger partial charge in [0.05, 0.1) is 19.7 Å². The first-order chi connectivity index (χ1) is 21.0. The van der Waals surface area contributed by atoms with Crippen LogP contribution in [0.2, 0.25) is 0 Å². The molecule has 0 spiro atoms. The number of nitrogens with one attached hydrogen (secondary N) is 1. The van der Waals surface area contributed by atoms with E-state index in [4.69, 9.17) is 18.9 Å². The molecule has 2 heterocycles. The molecule has 4 aromatic rings.